The first-order valence-corrected chi connectivity index (χ1v) is 2.80. The molecule has 0 fully saturated rings. The van der Waals surface area contributed by atoms with Gasteiger partial charge >= 0.3 is 5.97 Å². The standard InChI is InChI=1S/C7H5NO2/c8-4-5-2-1-3-6(5)7(9)10/h2-3H,1H2,(H,9,10). The Labute approximate surface area is 57.9 Å². The van der Waals surface area contributed by atoms with Crippen molar-refractivity contribution in [1.29, 1.82) is 5.26 Å². The summed E-state index contributed by atoms with van der Waals surface area (Å²) in [5.74, 6) is -1.02. The number of allylic oxidation sites excluding steroid dienone is 2. The van der Waals surface area contributed by atoms with Gasteiger partial charge in [0.2, 0.25) is 0 Å². The summed E-state index contributed by atoms with van der Waals surface area (Å²) in [6, 6.07) is 1.81. The van der Waals surface area contributed by atoms with Gasteiger partial charge in [0.05, 0.1) is 17.2 Å². The third-order valence-electron chi connectivity index (χ3n) is 1.28. The molecular formula is C7H5NO2. The fraction of sp³-hybridized carbons (Fsp3) is 0.143. The van der Waals surface area contributed by atoms with Crippen LogP contribution >= 0.6 is 0 Å². The van der Waals surface area contributed by atoms with E-state index in [1.807, 2.05) is 6.07 Å². The highest BCUT2D eigenvalue weighted by atomic mass is 16.4. The molecule has 0 unspecified atom stereocenters. The average molecular weight is 135 g/mol. The Kier molecular flexibility index (Phi) is 1.55. The highest BCUT2D eigenvalue weighted by Gasteiger charge is 2.15. The monoisotopic (exact) mass is 135 g/mol. The summed E-state index contributed by atoms with van der Waals surface area (Å²) in [5, 5.41) is 16.8. The Morgan fingerprint density at radius 1 is 1.70 bits per heavy atom. The number of aliphatic carboxylic acids is 1. The normalized spacial score (nSPS) is 15.5. The summed E-state index contributed by atoms with van der Waals surface area (Å²) in [7, 11) is 0. The van der Waals surface area contributed by atoms with Crippen LogP contribution in [-0.2, 0) is 4.79 Å². The van der Waals surface area contributed by atoms with Crippen molar-refractivity contribution in [3.05, 3.63) is 23.3 Å². The number of carbonyl (C=O) groups is 1. The third kappa shape index (κ3) is 0.914. The lowest BCUT2D eigenvalue weighted by Crippen LogP contribution is -1.99. The smallest absolute Gasteiger partial charge is 0.336 e. The minimum absolute atomic E-state index is 0.127. The lowest BCUT2D eigenvalue weighted by molar-refractivity contribution is -0.132. The van der Waals surface area contributed by atoms with E-state index in [4.69, 9.17) is 10.4 Å². The van der Waals surface area contributed by atoms with Gasteiger partial charge < -0.3 is 5.11 Å². The molecule has 3 heteroatoms. The van der Waals surface area contributed by atoms with E-state index < -0.39 is 5.97 Å². The van der Waals surface area contributed by atoms with Gasteiger partial charge in [0, 0.05) is 0 Å². The number of hydrogen-bond acceptors (Lipinski definition) is 2. The van der Waals surface area contributed by atoms with E-state index in [2.05, 4.69) is 0 Å². The zero-order chi connectivity index (χ0) is 7.56. The second-order valence-electron chi connectivity index (χ2n) is 1.89. The molecule has 0 heterocycles. The van der Waals surface area contributed by atoms with Crippen LogP contribution in [0, 0.1) is 11.3 Å². The number of nitriles is 1. The minimum atomic E-state index is -1.02. The van der Waals surface area contributed by atoms with Crippen LogP contribution in [0.3, 0.4) is 0 Å². The van der Waals surface area contributed by atoms with Crippen molar-refractivity contribution >= 4 is 5.97 Å². The van der Waals surface area contributed by atoms with E-state index in [1.54, 1.807) is 6.08 Å². The zero-order valence-electron chi connectivity index (χ0n) is 5.16. The van der Waals surface area contributed by atoms with E-state index >= 15 is 0 Å². The third-order valence-corrected chi connectivity index (χ3v) is 1.28. The second-order valence-corrected chi connectivity index (χ2v) is 1.89. The van der Waals surface area contributed by atoms with Crippen LogP contribution in [-0.4, -0.2) is 11.1 Å². The molecule has 0 bridgehead atoms. The maximum Gasteiger partial charge on any atom is 0.336 e. The molecule has 0 aliphatic heterocycles. The van der Waals surface area contributed by atoms with E-state index in [-0.39, 0.29) is 11.1 Å². The first kappa shape index (κ1) is 6.56. The van der Waals surface area contributed by atoms with Gasteiger partial charge in [-0.2, -0.15) is 5.26 Å². The Morgan fingerprint density at radius 3 is 2.80 bits per heavy atom. The van der Waals surface area contributed by atoms with Gasteiger partial charge in [-0.3, -0.25) is 0 Å². The largest absolute Gasteiger partial charge is 0.478 e. The number of hydrogen-bond donors (Lipinski definition) is 1. The van der Waals surface area contributed by atoms with Crippen LogP contribution in [0.25, 0.3) is 0 Å². The number of carboxylic acids is 1. The summed E-state index contributed by atoms with van der Waals surface area (Å²) >= 11 is 0. The summed E-state index contributed by atoms with van der Waals surface area (Å²) in [6.07, 6.45) is 3.69. The van der Waals surface area contributed by atoms with Gasteiger partial charge in [-0.25, -0.2) is 4.79 Å². The van der Waals surface area contributed by atoms with Crippen LogP contribution in [0.4, 0.5) is 0 Å². The van der Waals surface area contributed by atoms with Crippen molar-refractivity contribution in [2.45, 2.75) is 6.42 Å². The molecule has 0 amide bonds. The summed E-state index contributed by atoms with van der Waals surface area (Å²) in [4.78, 5) is 10.3. The molecular weight excluding hydrogens is 130 g/mol. The van der Waals surface area contributed by atoms with E-state index in [9.17, 15) is 4.79 Å². The molecule has 3 nitrogen and oxygen atoms in total. The Morgan fingerprint density at radius 2 is 2.40 bits per heavy atom. The number of carboxylic acid groups (broad SMARTS) is 1. The first-order valence-electron chi connectivity index (χ1n) is 2.80. The van der Waals surface area contributed by atoms with E-state index in [0.29, 0.717) is 6.42 Å². The van der Waals surface area contributed by atoms with Gasteiger partial charge in [-0.05, 0) is 6.42 Å². The maximum atomic E-state index is 10.3. The van der Waals surface area contributed by atoms with Crippen molar-refractivity contribution in [1.82, 2.24) is 0 Å². The second kappa shape index (κ2) is 2.36. The highest BCUT2D eigenvalue weighted by Crippen LogP contribution is 2.17. The lowest BCUT2D eigenvalue weighted by Gasteiger charge is -1.90. The molecule has 10 heavy (non-hydrogen) atoms. The predicted octanol–water partition coefficient (Wildman–Crippen LogP) is 0.851. The average Bonchev–Trinajstić information content (AvgIpc) is 2.33. The number of rotatable bonds is 1. The topological polar surface area (TPSA) is 61.1 Å². The van der Waals surface area contributed by atoms with E-state index in [0.717, 1.165) is 0 Å². The quantitative estimate of drug-likeness (QED) is 0.579. The fourth-order valence-corrected chi connectivity index (χ4v) is 0.823. The fourth-order valence-electron chi connectivity index (χ4n) is 0.823. The van der Waals surface area contributed by atoms with Crippen molar-refractivity contribution in [2.75, 3.05) is 0 Å². The van der Waals surface area contributed by atoms with Crippen LogP contribution < -0.4 is 0 Å². The minimum Gasteiger partial charge on any atom is -0.478 e. The van der Waals surface area contributed by atoms with Gasteiger partial charge in [-0.1, -0.05) is 12.2 Å². The van der Waals surface area contributed by atoms with Gasteiger partial charge in [0.1, 0.15) is 0 Å². The van der Waals surface area contributed by atoms with Crippen molar-refractivity contribution in [2.24, 2.45) is 0 Å². The molecule has 0 spiro atoms. The van der Waals surface area contributed by atoms with Crippen molar-refractivity contribution < 1.29 is 9.90 Å². The van der Waals surface area contributed by atoms with Crippen LogP contribution in [0.2, 0.25) is 0 Å². The predicted molar refractivity (Wildman–Crippen MR) is 34.0 cm³/mol. The molecule has 0 saturated carbocycles. The Balaban J connectivity index is 2.92. The summed E-state index contributed by atoms with van der Waals surface area (Å²) in [6.45, 7) is 0. The summed E-state index contributed by atoms with van der Waals surface area (Å²) in [5.41, 5.74) is 0.398. The number of nitrogens with zero attached hydrogens (tertiary/aromatic N) is 1. The molecule has 0 aromatic carbocycles. The maximum absolute atomic E-state index is 10.3. The molecule has 1 aliphatic carbocycles. The SMILES string of the molecule is N#CC1=CCC=C1C(=O)O. The Hall–Kier alpha value is -1.56. The van der Waals surface area contributed by atoms with Crippen molar-refractivity contribution in [3.8, 4) is 6.07 Å². The van der Waals surface area contributed by atoms with Gasteiger partial charge in [0.25, 0.3) is 0 Å². The molecule has 0 aromatic heterocycles. The van der Waals surface area contributed by atoms with Crippen molar-refractivity contribution in [3.63, 3.8) is 0 Å². The molecule has 0 saturated heterocycles. The van der Waals surface area contributed by atoms with E-state index in [1.165, 1.54) is 6.08 Å². The molecule has 50 valence electrons. The molecule has 0 atom stereocenters. The van der Waals surface area contributed by atoms with Gasteiger partial charge in [-0.15, -0.1) is 0 Å². The van der Waals surface area contributed by atoms with Crippen LogP contribution in [0.1, 0.15) is 6.42 Å². The first-order chi connectivity index (χ1) is 4.75. The van der Waals surface area contributed by atoms with Crippen LogP contribution in [0.15, 0.2) is 23.3 Å². The molecule has 0 radical (unpaired) electrons. The van der Waals surface area contributed by atoms with Gasteiger partial charge in [0.15, 0.2) is 0 Å². The lowest BCUT2D eigenvalue weighted by atomic mass is 10.2. The molecule has 1 aliphatic rings. The summed E-state index contributed by atoms with van der Waals surface area (Å²) < 4.78 is 0. The molecule has 1 N–H and O–H groups in total. The zero-order valence-corrected chi connectivity index (χ0v) is 5.16. The molecule has 0 aromatic rings. The molecule has 1 rings (SSSR count). The van der Waals surface area contributed by atoms with Crippen LogP contribution in [0.5, 0.6) is 0 Å². The Bertz CT molecular complexity index is 268. The highest BCUT2D eigenvalue weighted by molar-refractivity contribution is 5.94.